The number of aromatic nitrogens is 1. The fraction of sp³-hybridized carbons (Fsp3) is 0.545. The van der Waals surface area contributed by atoms with Crippen molar-refractivity contribution >= 4 is 24.8 Å². The molecule has 1 aliphatic heterocycles. The number of nitrogens with one attached hydrogen (secondary N) is 1. The molecule has 2 nitrogen and oxygen atoms in total. The number of rotatable bonds is 1. The quantitative estimate of drug-likeness (QED) is 0.827. The lowest BCUT2D eigenvalue weighted by Gasteiger charge is -2.33. The van der Waals surface area contributed by atoms with Gasteiger partial charge >= 0.3 is 0 Å². The summed E-state index contributed by atoms with van der Waals surface area (Å²) in [6, 6.07) is 6.18. The molecule has 1 saturated heterocycles. The first-order chi connectivity index (χ1) is 6.31. The van der Waals surface area contributed by atoms with Crippen LogP contribution in [0.5, 0.6) is 0 Å². The van der Waals surface area contributed by atoms with E-state index in [2.05, 4.69) is 29.4 Å². The van der Waals surface area contributed by atoms with Crippen LogP contribution < -0.4 is 5.32 Å². The van der Waals surface area contributed by atoms with Gasteiger partial charge in [0.15, 0.2) is 0 Å². The summed E-state index contributed by atoms with van der Waals surface area (Å²) < 4.78 is 0. The summed E-state index contributed by atoms with van der Waals surface area (Å²) in [6.07, 6.45) is 4.39. The van der Waals surface area contributed by atoms with Gasteiger partial charge in [-0.2, -0.15) is 0 Å². The molecule has 1 N–H and O–H groups in total. The summed E-state index contributed by atoms with van der Waals surface area (Å²) in [5, 5.41) is 3.43. The van der Waals surface area contributed by atoms with Crippen LogP contribution in [0.15, 0.2) is 24.4 Å². The highest BCUT2D eigenvalue weighted by molar-refractivity contribution is 5.85. The van der Waals surface area contributed by atoms with Gasteiger partial charge in [0.25, 0.3) is 0 Å². The van der Waals surface area contributed by atoms with Crippen molar-refractivity contribution in [2.24, 2.45) is 0 Å². The van der Waals surface area contributed by atoms with E-state index >= 15 is 0 Å². The van der Waals surface area contributed by atoms with Crippen LogP contribution in [0.1, 0.15) is 25.5 Å². The summed E-state index contributed by atoms with van der Waals surface area (Å²) in [5.74, 6) is 0. The Hall–Kier alpha value is -0.310. The Morgan fingerprint density at radius 3 is 2.67 bits per heavy atom. The Balaban J connectivity index is 0.000000980. The second-order valence-electron chi connectivity index (χ2n) is 4.06. The predicted octanol–water partition coefficient (Wildman–Crippen LogP) is 2.57. The van der Waals surface area contributed by atoms with Gasteiger partial charge in [-0.15, -0.1) is 24.8 Å². The molecule has 0 saturated carbocycles. The van der Waals surface area contributed by atoms with Gasteiger partial charge in [-0.25, -0.2) is 0 Å². The van der Waals surface area contributed by atoms with Crippen LogP contribution in [-0.2, 0) is 5.41 Å². The zero-order valence-electron chi connectivity index (χ0n) is 8.90. The van der Waals surface area contributed by atoms with E-state index in [1.165, 1.54) is 18.5 Å². The summed E-state index contributed by atoms with van der Waals surface area (Å²) >= 11 is 0. The topological polar surface area (TPSA) is 24.9 Å². The monoisotopic (exact) mass is 248 g/mol. The SMILES string of the molecule is CC1(c2ccccn2)CCCNC1.Cl.Cl. The Bertz CT molecular complexity index is 271. The largest absolute Gasteiger partial charge is 0.316 e. The van der Waals surface area contributed by atoms with Gasteiger partial charge in [0.2, 0.25) is 0 Å². The minimum atomic E-state index is 0. The zero-order chi connectivity index (χ0) is 9.15. The van der Waals surface area contributed by atoms with Crippen molar-refractivity contribution in [2.75, 3.05) is 13.1 Å². The molecule has 0 radical (unpaired) electrons. The molecule has 4 heteroatoms. The molecular weight excluding hydrogens is 231 g/mol. The van der Waals surface area contributed by atoms with Gasteiger partial charge in [-0.05, 0) is 31.5 Å². The van der Waals surface area contributed by atoms with Crippen LogP contribution in [0.2, 0.25) is 0 Å². The maximum Gasteiger partial charge on any atom is 0.0475 e. The number of hydrogen-bond acceptors (Lipinski definition) is 2. The molecule has 1 atom stereocenters. The van der Waals surface area contributed by atoms with Gasteiger partial charge in [0.05, 0.1) is 0 Å². The number of hydrogen-bond donors (Lipinski definition) is 1. The summed E-state index contributed by atoms with van der Waals surface area (Å²) in [7, 11) is 0. The van der Waals surface area contributed by atoms with Crippen LogP contribution in [0.3, 0.4) is 0 Å². The van der Waals surface area contributed by atoms with Crippen LogP contribution in [0.25, 0.3) is 0 Å². The first-order valence-electron chi connectivity index (χ1n) is 4.93. The van der Waals surface area contributed by atoms with E-state index in [9.17, 15) is 0 Å². The van der Waals surface area contributed by atoms with Crippen molar-refractivity contribution in [2.45, 2.75) is 25.2 Å². The molecule has 1 fully saturated rings. The Morgan fingerprint density at radius 1 is 1.33 bits per heavy atom. The van der Waals surface area contributed by atoms with Crippen LogP contribution >= 0.6 is 24.8 Å². The average Bonchev–Trinajstić information content (AvgIpc) is 2.20. The van der Waals surface area contributed by atoms with E-state index < -0.39 is 0 Å². The lowest BCUT2D eigenvalue weighted by molar-refractivity contribution is 0.332. The second-order valence-corrected chi connectivity index (χ2v) is 4.06. The molecule has 2 heterocycles. The highest BCUT2D eigenvalue weighted by Gasteiger charge is 2.29. The van der Waals surface area contributed by atoms with Crippen LogP contribution in [0.4, 0.5) is 0 Å². The minimum Gasteiger partial charge on any atom is -0.316 e. The van der Waals surface area contributed by atoms with E-state index in [4.69, 9.17) is 0 Å². The Kier molecular flexibility index (Phi) is 6.18. The van der Waals surface area contributed by atoms with E-state index in [-0.39, 0.29) is 30.2 Å². The normalized spacial score (nSPS) is 24.9. The van der Waals surface area contributed by atoms with Gasteiger partial charge in [0.1, 0.15) is 0 Å². The van der Waals surface area contributed by atoms with Gasteiger partial charge in [0, 0.05) is 23.9 Å². The van der Waals surface area contributed by atoms with Gasteiger partial charge in [-0.1, -0.05) is 13.0 Å². The van der Waals surface area contributed by atoms with Crippen molar-refractivity contribution in [1.29, 1.82) is 0 Å². The van der Waals surface area contributed by atoms with Gasteiger partial charge in [-0.3, -0.25) is 4.98 Å². The molecule has 0 spiro atoms. The number of halogens is 2. The predicted molar refractivity (Wildman–Crippen MR) is 68.2 cm³/mol. The fourth-order valence-electron chi connectivity index (χ4n) is 1.99. The van der Waals surface area contributed by atoms with Crippen molar-refractivity contribution in [3.8, 4) is 0 Å². The molecule has 86 valence electrons. The third kappa shape index (κ3) is 3.33. The second kappa shape index (κ2) is 6.31. The molecule has 1 aromatic heterocycles. The molecule has 1 aliphatic rings. The lowest BCUT2D eigenvalue weighted by Crippen LogP contribution is -2.41. The standard InChI is InChI=1S/C11H16N2.2ClH/c1-11(6-4-7-12-9-11)10-5-2-3-8-13-10;;/h2-3,5,8,12H,4,6-7,9H2,1H3;2*1H. The van der Waals surface area contributed by atoms with Crippen molar-refractivity contribution in [1.82, 2.24) is 10.3 Å². The molecule has 2 rings (SSSR count). The van der Waals surface area contributed by atoms with Crippen molar-refractivity contribution in [3.63, 3.8) is 0 Å². The number of nitrogens with zero attached hydrogens (tertiary/aromatic N) is 1. The zero-order valence-corrected chi connectivity index (χ0v) is 10.5. The lowest BCUT2D eigenvalue weighted by atomic mass is 9.79. The summed E-state index contributed by atoms with van der Waals surface area (Å²) in [5.41, 5.74) is 1.47. The first kappa shape index (κ1) is 14.7. The van der Waals surface area contributed by atoms with Crippen molar-refractivity contribution < 1.29 is 0 Å². The highest BCUT2D eigenvalue weighted by Crippen LogP contribution is 2.28. The molecule has 0 amide bonds. The molecule has 1 unspecified atom stereocenters. The van der Waals surface area contributed by atoms with E-state index in [1.807, 2.05) is 12.3 Å². The fourth-order valence-corrected chi connectivity index (χ4v) is 1.99. The van der Waals surface area contributed by atoms with Gasteiger partial charge < -0.3 is 5.32 Å². The highest BCUT2D eigenvalue weighted by atomic mass is 35.5. The van der Waals surface area contributed by atoms with Crippen molar-refractivity contribution in [3.05, 3.63) is 30.1 Å². The number of piperidine rings is 1. The van der Waals surface area contributed by atoms with E-state index in [0.29, 0.717) is 0 Å². The summed E-state index contributed by atoms with van der Waals surface area (Å²) in [6.45, 7) is 4.51. The first-order valence-corrected chi connectivity index (χ1v) is 4.93. The molecule has 1 aromatic rings. The van der Waals surface area contributed by atoms with E-state index in [0.717, 1.165) is 13.1 Å². The molecular formula is C11H18Cl2N2. The van der Waals surface area contributed by atoms with E-state index in [1.54, 1.807) is 0 Å². The molecule has 0 aliphatic carbocycles. The molecule has 0 aromatic carbocycles. The smallest absolute Gasteiger partial charge is 0.0475 e. The third-order valence-corrected chi connectivity index (χ3v) is 2.88. The number of pyridine rings is 1. The van der Waals surface area contributed by atoms with Crippen LogP contribution in [0, 0.1) is 0 Å². The molecule has 15 heavy (non-hydrogen) atoms. The van der Waals surface area contributed by atoms with Crippen LogP contribution in [-0.4, -0.2) is 18.1 Å². The minimum absolute atomic E-state index is 0. The third-order valence-electron chi connectivity index (χ3n) is 2.88. The average molecular weight is 249 g/mol. The Morgan fingerprint density at radius 2 is 2.13 bits per heavy atom. The molecule has 0 bridgehead atoms. The Labute approximate surface area is 104 Å². The maximum absolute atomic E-state index is 4.43. The summed E-state index contributed by atoms with van der Waals surface area (Å²) in [4.78, 5) is 4.43. The maximum atomic E-state index is 4.43.